The molecule has 0 fully saturated rings. The van der Waals surface area contributed by atoms with Gasteiger partial charge in [0, 0.05) is 44.6 Å². The van der Waals surface area contributed by atoms with Gasteiger partial charge in [0.25, 0.3) is 0 Å². The highest BCUT2D eigenvalue weighted by atomic mass is 16.2. The molecule has 3 atom stereocenters. The molecule has 0 heterocycles. The quantitative estimate of drug-likeness (QED) is 0.449. The Morgan fingerprint density at radius 2 is 1.84 bits per heavy atom. The van der Waals surface area contributed by atoms with Crippen molar-refractivity contribution in [3.8, 4) is 0 Å². The summed E-state index contributed by atoms with van der Waals surface area (Å²) in [5.41, 5.74) is 15.2. The van der Waals surface area contributed by atoms with E-state index in [0.717, 1.165) is 17.6 Å². The Labute approximate surface area is 222 Å². The molecule has 0 spiro atoms. The van der Waals surface area contributed by atoms with Crippen LogP contribution in [0.15, 0.2) is 90.1 Å². The highest BCUT2D eigenvalue weighted by Gasteiger charge is 2.32. The van der Waals surface area contributed by atoms with Gasteiger partial charge in [-0.2, -0.15) is 0 Å². The Morgan fingerprint density at radius 3 is 2.51 bits per heavy atom. The average Bonchev–Trinajstić information content (AvgIpc) is 2.89. The van der Waals surface area contributed by atoms with Crippen LogP contribution in [0.4, 0.5) is 0 Å². The highest BCUT2D eigenvalue weighted by molar-refractivity contribution is 5.93. The van der Waals surface area contributed by atoms with Gasteiger partial charge >= 0.3 is 0 Å². The van der Waals surface area contributed by atoms with E-state index in [-0.39, 0.29) is 17.9 Å². The molecular weight excluding hydrogens is 460 g/mol. The van der Waals surface area contributed by atoms with E-state index in [1.54, 1.807) is 30.0 Å². The number of nitrogens with two attached hydrogens (primary N) is 2. The topological polar surface area (TPSA) is 92.7 Å². The van der Waals surface area contributed by atoms with E-state index in [2.05, 4.69) is 30.4 Å². The van der Waals surface area contributed by atoms with Gasteiger partial charge in [-0.05, 0) is 55.9 Å². The first-order chi connectivity index (χ1) is 17.6. The minimum absolute atomic E-state index is 0.115. The predicted octanol–water partition coefficient (Wildman–Crippen LogP) is 3.91. The number of hydrogen-bond donors (Lipinski definition) is 2. The molecule has 0 saturated carbocycles. The lowest BCUT2D eigenvalue weighted by Gasteiger charge is -2.35. The maximum Gasteiger partial charge on any atom is 0.246 e. The summed E-state index contributed by atoms with van der Waals surface area (Å²) in [7, 11) is 3.49. The van der Waals surface area contributed by atoms with Crippen molar-refractivity contribution in [2.75, 3.05) is 20.6 Å². The minimum atomic E-state index is -0.652. The highest BCUT2D eigenvalue weighted by Crippen LogP contribution is 2.31. The Hall–Kier alpha value is -3.22. The first-order valence-electron chi connectivity index (χ1n) is 13.1. The van der Waals surface area contributed by atoms with E-state index in [9.17, 15) is 9.59 Å². The van der Waals surface area contributed by atoms with E-state index in [1.807, 2.05) is 50.3 Å². The SMILES string of the molecule is CN(C(=O)[C@@H](CC1=CCC2C=CC=CC2=C1)N(C)C(=O)/C=C/CC(C)(C)N)[C@@H](CN)Cc1ccccc1. The summed E-state index contributed by atoms with van der Waals surface area (Å²) in [4.78, 5) is 30.3. The molecule has 2 aliphatic rings. The van der Waals surface area contributed by atoms with Gasteiger partial charge in [-0.3, -0.25) is 9.59 Å². The summed E-state index contributed by atoms with van der Waals surface area (Å²) in [6, 6.07) is 9.20. The maximum atomic E-state index is 13.9. The number of benzene rings is 1. The zero-order valence-corrected chi connectivity index (χ0v) is 22.6. The van der Waals surface area contributed by atoms with E-state index in [4.69, 9.17) is 11.5 Å². The summed E-state index contributed by atoms with van der Waals surface area (Å²) in [5.74, 6) is 0.0427. The van der Waals surface area contributed by atoms with Crippen LogP contribution >= 0.6 is 0 Å². The molecule has 0 aromatic heterocycles. The largest absolute Gasteiger partial charge is 0.339 e. The van der Waals surface area contributed by atoms with Gasteiger partial charge in [0.2, 0.25) is 11.8 Å². The van der Waals surface area contributed by atoms with Gasteiger partial charge in [-0.1, -0.05) is 72.9 Å². The van der Waals surface area contributed by atoms with Gasteiger partial charge in [0.05, 0.1) is 0 Å². The summed E-state index contributed by atoms with van der Waals surface area (Å²) < 4.78 is 0. The van der Waals surface area contributed by atoms with E-state index < -0.39 is 11.6 Å². The third-order valence-corrected chi connectivity index (χ3v) is 7.07. The standard InChI is InChI=1S/C31H42N4O2/c1-31(2,33)18-10-15-29(36)35(4)28(21-24-16-17-25-13-8-9-14-26(25)19-24)30(37)34(3)27(22-32)20-23-11-6-5-7-12-23/h5-16,19,25,27-28H,17-18,20-22,32-33H2,1-4H3/b15-10+/t25?,27-,28-/m1/s1. The summed E-state index contributed by atoms with van der Waals surface area (Å²) in [6.45, 7) is 4.16. The molecule has 3 rings (SSSR count). The number of hydrogen-bond acceptors (Lipinski definition) is 4. The first kappa shape index (κ1) is 28.4. The fourth-order valence-electron chi connectivity index (χ4n) is 4.69. The predicted molar refractivity (Wildman–Crippen MR) is 152 cm³/mol. The van der Waals surface area contributed by atoms with Crippen molar-refractivity contribution < 1.29 is 9.59 Å². The molecule has 198 valence electrons. The molecule has 6 nitrogen and oxygen atoms in total. The van der Waals surface area contributed by atoms with Crippen LogP contribution < -0.4 is 11.5 Å². The molecule has 0 bridgehead atoms. The maximum absolute atomic E-state index is 13.9. The van der Waals surface area contributed by atoms with Gasteiger partial charge in [0.15, 0.2) is 0 Å². The van der Waals surface area contributed by atoms with Crippen LogP contribution in [-0.4, -0.2) is 59.9 Å². The number of rotatable bonds is 11. The zero-order chi connectivity index (χ0) is 27.0. The van der Waals surface area contributed by atoms with Crippen LogP contribution in [0.3, 0.4) is 0 Å². The van der Waals surface area contributed by atoms with Crippen molar-refractivity contribution in [1.82, 2.24) is 9.80 Å². The molecule has 0 radical (unpaired) electrons. The summed E-state index contributed by atoms with van der Waals surface area (Å²) in [6.07, 6.45) is 18.6. The Bertz CT molecular complexity index is 1090. The Morgan fingerprint density at radius 1 is 1.11 bits per heavy atom. The lowest BCUT2D eigenvalue weighted by Crippen LogP contribution is -2.53. The number of carbonyl (C=O) groups is 2. The molecule has 2 aliphatic carbocycles. The average molecular weight is 503 g/mol. The Balaban J connectivity index is 1.82. The molecule has 0 aliphatic heterocycles. The number of fused-ring (bicyclic) bond motifs is 1. The molecular formula is C31H42N4O2. The van der Waals surface area contributed by atoms with E-state index >= 15 is 0 Å². The Kier molecular flexibility index (Phi) is 9.84. The van der Waals surface area contributed by atoms with Crippen molar-refractivity contribution in [3.63, 3.8) is 0 Å². The normalized spacial score (nSPS) is 18.6. The molecule has 2 amide bonds. The number of likely N-dealkylation sites (N-methyl/N-ethyl adjacent to an activating group) is 2. The lowest BCUT2D eigenvalue weighted by atomic mass is 9.84. The number of nitrogens with zero attached hydrogens (tertiary/aromatic N) is 2. The molecule has 6 heteroatoms. The number of carbonyl (C=O) groups excluding carboxylic acids is 2. The minimum Gasteiger partial charge on any atom is -0.339 e. The zero-order valence-electron chi connectivity index (χ0n) is 22.6. The van der Waals surface area contributed by atoms with Crippen molar-refractivity contribution in [1.29, 1.82) is 0 Å². The second-order valence-corrected chi connectivity index (χ2v) is 10.8. The van der Waals surface area contributed by atoms with Crippen LogP contribution in [-0.2, 0) is 16.0 Å². The summed E-state index contributed by atoms with van der Waals surface area (Å²) >= 11 is 0. The van der Waals surface area contributed by atoms with Gasteiger partial charge in [-0.15, -0.1) is 0 Å². The third kappa shape index (κ3) is 8.14. The second kappa shape index (κ2) is 12.8. The lowest BCUT2D eigenvalue weighted by molar-refractivity contribution is -0.142. The first-order valence-corrected chi connectivity index (χ1v) is 13.1. The van der Waals surface area contributed by atoms with Crippen LogP contribution in [0, 0.1) is 5.92 Å². The molecule has 37 heavy (non-hydrogen) atoms. The number of amides is 2. The fraction of sp³-hybridized carbons (Fsp3) is 0.419. The van der Waals surface area contributed by atoms with Crippen LogP contribution in [0.1, 0.15) is 38.7 Å². The van der Waals surface area contributed by atoms with Crippen LogP contribution in [0.2, 0.25) is 0 Å². The molecule has 4 N–H and O–H groups in total. The second-order valence-electron chi connectivity index (χ2n) is 10.8. The van der Waals surface area contributed by atoms with E-state index in [1.165, 1.54) is 11.6 Å². The van der Waals surface area contributed by atoms with Crippen molar-refractivity contribution >= 4 is 11.8 Å². The molecule has 0 saturated heterocycles. The summed E-state index contributed by atoms with van der Waals surface area (Å²) in [5, 5.41) is 0. The van der Waals surface area contributed by atoms with Crippen molar-refractivity contribution in [3.05, 3.63) is 95.6 Å². The number of allylic oxidation sites excluding steroid dienone is 7. The third-order valence-electron chi connectivity index (χ3n) is 7.07. The molecule has 1 unspecified atom stereocenters. The van der Waals surface area contributed by atoms with Crippen LogP contribution in [0.5, 0.6) is 0 Å². The smallest absolute Gasteiger partial charge is 0.246 e. The van der Waals surface area contributed by atoms with E-state index in [0.29, 0.717) is 31.7 Å². The van der Waals surface area contributed by atoms with Gasteiger partial charge in [-0.25, -0.2) is 0 Å². The van der Waals surface area contributed by atoms with Gasteiger partial charge < -0.3 is 21.3 Å². The van der Waals surface area contributed by atoms with Gasteiger partial charge in [0.1, 0.15) is 6.04 Å². The molecule has 1 aromatic carbocycles. The van der Waals surface area contributed by atoms with Crippen LogP contribution in [0.25, 0.3) is 0 Å². The van der Waals surface area contributed by atoms with Crippen molar-refractivity contribution in [2.45, 2.75) is 57.2 Å². The van der Waals surface area contributed by atoms with Crippen molar-refractivity contribution in [2.24, 2.45) is 17.4 Å². The monoisotopic (exact) mass is 502 g/mol. The molecule has 1 aromatic rings. The fourth-order valence-corrected chi connectivity index (χ4v) is 4.69.